The summed E-state index contributed by atoms with van der Waals surface area (Å²) in [6.07, 6.45) is -1.85. The number of azo groups is 1. The summed E-state index contributed by atoms with van der Waals surface area (Å²) in [4.78, 5) is 11.6. The summed E-state index contributed by atoms with van der Waals surface area (Å²) in [6, 6.07) is 4.11. The second-order valence-electron chi connectivity index (χ2n) is 3.58. The molecule has 1 atom stereocenters. The molecule has 0 unspecified atom stereocenters. The number of nitrogens with one attached hydrogen (secondary N) is 1. The van der Waals surface area contributed by atoms with Crippen molar-refractivity contribution in [1.82, 2.24) is 0 Å². The molecule has 100 valence electrons. The molecule has 5 nitrogen and oxygen atoms in total. The van der Waals surface area contributed by atoms with E-state index >= 15 is 0 Å². The van der Waals surface area contributed by atoms with Crippen LogP contribution in [0.3, 0.4) is 0 Å². The number of benzene rings is 1. The van der Waals surface area contributed by atoms with Gasteiger partial charge in [0.05, 0.1) is 0 Å². The summed E-state index contributed by atoms with van der Waals surface area (Å²) in [5, 5.41) is 9.64. The van der Waals surface area contributed by atoms with E-state index in [0.717, 1.165) is 12.1 Å². The second-order valence-corrected chi connectivity index (χ2v) is 3.58. The third-order valence-electron chi connectivity index (χ3n) is 2.15. The van der Waals surface area contributed by atoms with E-state index in [1.165, 1.54) is 24.4 Å². The number of ether oxygens (including phenoxy) is 1. The third kappa shape index (κ3) is 3.80. The number of halogens is 3. The SMILES string of the molecule is O=C(Nc1ccc(OC(F)(F)F)cc1)[C@H]1C=CN=N1. The Morgan fingerprint density at radius 2 is 1.95 bits per heavy atom. The Morgan fingerprint density at radius 3 is 2.47 bits per heavy atom. The second kappa shape index (κ2) is 5.09. The Bertz CT molecular complexity index is 511. The Labute approximate surface area is 105 Å². The van der Waals surface area contributed by atoms with Gasteiger partial charge in [0.2, 0.25) is 0 Å². The predicted molar refractivity (Wildman–Crippen MR) is 59.5 cm³/mol. The Hall–Kier alpha value is -2.38. The summed E-state index contributed by atoms with van der Waals surface area (Å²) in [5.74, 6) is -0.770. The number of nitrogens with zero attached hydrogens (tertiary/aromatic N) is 2. The van der Waals surface area contributed by atoms with Gasteiger partial charge in [0.25, 0.3) is 5.91 Å². The van der Waals surface area contributed by atoms with Crippen LogP contribution in [0.5, 0.6) is 5.75 Å². The van der Waals surface area contributed by atoms with Gasteiger partial charge in [-0.2, -0.15) is 10.2 Å². The van der Waals surface area contributed by atoms with Crippen LogP contribution in [0, 0.1) is 0 Å². The monoisotopic (exact) mass is 271 g/mol. The molecule has 0 fully saturated rings. The lowest BCUT2D eigenvalue weighted by molar-refractivity contribution is -0.274. The van der Waals surface area contributed by atoms with Crippen LogP contribution in [0.2, 0.25) is 0 Å². The Morgan fingerprint density at radius 1 is 1.26 bits per heavy atom. The zero-order valence-corrected chi connectivity index (χ0v) is 9.39. The molecule has 0 saturated heterocycles. The highest BCUT2D eigenvalue weighted by molar-refractivity contribution is 5.96. The first-order valence-electron chi connectivity index (χ1n) is 5.17. The molecule has 0 bridgehead atoms. The molecule has 1 aliphatic rings. The maximum Gasteiger partial charge on any atom is 0.573 e. The average molecular weight is 271 g/mol. The van der Waals surface area contributed by atoms with E-state index in [1.54, 1.807) is 0 Å². The smallest absolute Gasteiger partial charge is 0.406 e. The zero-order chi connectivity index (χ0) is 13.9. The van der Waals surface area contributed by atoms with Crippen molar-refractivity contribution in [1.29, 1.82) is 0 Å². The quantitative estimate of drug-likeness (QED) is 0.918. The fourth-order valence-electron chi connectivity index (χ4n) is 1.36. The summed E-state index contributed by atoms with van der Waals surface area (Å²) in [5.41, 5.74) is 0.343. The summed E-state index contributed by atoms with van der Waals surface area (Å²) >= 11 is 0. The van der Waals surface area contributed by atoms with Crippen LogP contribution in [0.4, 0.5) is 18.9 Å². The van der Waals surface area contributed by atoms with E-state index < -0.39 is 18.3 Å². The first-order chi connectivity index (χ1) is 8.94. The Balaban J connectivity index is 1.97. The van der Waals surface area contributed by atoms with Gasteiger partial charge in [0.15, 0.2) is 6.04 Å². The Kier molecular flexibility index (Phi) is 3.50. The lowest BCUT2D eigenvalue weighted by Crippen LogP contribution is -2.23. The highest BCUT2D eigenvalue weighted by Gasteiger charge is 2.31. The minimum atomic E-state index is -4.74. The summed E-state index contributed by atoms with van der Waals surface area (Å²) < 4.78 is 39.5. The number of rotatable bonds is 3. The molecule has 19 heavy (non-hydrogen) atoms. The van der Waals surface area contributed by atoms with Crippen molar-refractivity contribution in [3.8, 4) is 5.75 Å². The van der Waals surface area contributed by atoms with Crippen molar-refractivity contribution in [2.24, 2.45) is 10.2 Å². The fraction of sp³-hybridized carbons (Fsp3) is 0.182. The molecule has 0 aliphatic carbocycles. The molecule has 0 radical (unpaired) electrons. The zero-order valence-electron chi connectivity index (χ0n) is 9.39. The van der Waals surface area contributed by atoms with Crippen molar-refractivity contribution in [2.45, 2.75) is 12.4 Å². The van der Waals surface area contributed by atoms with Crippen LogP contribution in [0.1, 0.15) is 0 Å². The van der Waals surface area contributed by atoms with Gasteiger partial charge >= 0.3 is 6.36 Å². The highest BCUT2D eigenvalue weighted by atomic mass is 19.4. The van der Waals surface area contributed by atoms with Gasteiger partial charge in [-0.3, -0.25) is 4.79 Å². The van der Waals surface area contributed by atoms with Gasteiger partial charge in [-0.05, 0) is 30.3 Å². The van der Waals surface area contributed by atoms with E-state index in [1.807, 2.05) is 0 Å². The first kappa shape index (κ1) is 13.1. The van der Waals surface area contributed by atoms with Gasteiger partial charge in [-0.25, -0.2) is 0 Å². The van der Waals surface area contributed by atoms with E-state index in [0.29, 0.717) is 5.69 Å². The predicted octanol–water partition coefficient (Wildman–Crippen LogP) is 2.87. The third-order valence-corrected chi connectivity index (χ3v) is 2.15. The van der Waals surface area contributed by atoms with Gasteiger partial charge in [0.1, 0.15) is 5.75 Å². The van der Waals surface area contributed by atoms with Gasteiger partial charge in [-0.15, -0.1) is 13.2 Å². The number of hydrogen-bond donors (Lipinski definition) is 1. The van der Waals surface area contributed by atoms with Crippen LogP contribution >= 0.6 is 0 Å². The standard InChI is InChI=1S/C11H8F3N3O2/c12-11(13,14)19-8-3-1-7(2-4-8)16-10(18)9-5-6-15-17-9/h1-6,9H,(H,16,18)/t9-/m1/s1. The van der Waals surface area contributed by atoms with E-state index in [-0.39, 0.29) is 5.75 Å². The van der Waals surface area contributed by atoms with Crippen LogP contribution in [-0.4, -0.2) is 18.3 Å². The molecule has 1 aromatic carbocycles. The van der Waals surface area contributed by atoms with E-state index in [2.05, 4.69) is 20.3 Å². The highest BCUT2D eigenvalue weighted by Crippen LogP contribution is 2.24. The average Bonchev–Trinajstić information content (AvgIpc) is 2.83. The molecule has 8 heteroatoms. The number of carbonyl (C=O) groups excluding carboxylic acids is 1. The number of hydrogen-bond acceptors (Lipinski definition) is 4. The lowest BCUT2D eigenvalue weighted by atomic mass is 10.2. The largest absolute Gasteiger partial charge is 0.573 e. The minimum absolute atomic E-state index is 0.343. The molecule has 0 spiro atoms. The molecule has 0 aromatic heterocycles. The molecular formula is C11H8F3N3O2. The lowest BCUT2D eigenvalue weighted by Gasteiger charge is -2.10. The first-order valence-corrected chi connectivity index (χ1v) is 5.17. The van der Waals surface area contributed by atoms with Crippen LogP contribution in [-0.2, 0) is 4.79 Å². The van der Waals surface area contributed by atoms with E-state index in [9.17, 15) is 18.0 Å². The molecule has 1 amide bonds. The van der Waals surface area contributed by atoms with Crippen molar-refractivity contribution in [3.63, 3.8) is 0 Å². The maximum absolute atomic E-state index is 11.9. The topological polar surface area (TPSA) is 63.0 Å². The number of amides is 1. The molecule has 1 aliphatic heterocycles. The van der Waals surface area contributed by atoms with Gasteiger partial charge in [-0.1, -0.05) is 0 Å². The molecular weight excluding hydrogens is 263 g/mol. The summed E-state index contributed by atoms with van der Waals surface area (Å²) in [7, 11) is 0. The maximum atomic E-state index is 11.9. The van der Waals surface area contributed by atoms with Gasteiger partial charge in [0, 0.05) is 11.9 Å². The number of alkyl halides is 3. The molecule has 2 rings (SSSR count). The van der Waals surface area contributed by atoms with Crippen molar-refractivity contribution < 1.29 is 22.7 Å². The van der Waals surface area contributed by atoms with Crippen LogP contribution in [0.15, 0.2) is 46.8 Å². The van der Waals surface area contributed by atoms with Crippen LogP contribution < -0.4 is 10.1 Å². The van der Waals surface area contributed by atoms with Crippen molar-refractivity contribution in [2.75, 3.05) is 5.32 Å². The van der Waals surface area contributed by atoms with Crippen molar-refractivity contribution >= 4 is 11.6 Å². The van der Waals surface area contributed by atoms with E-state index in [4.69, 9.17) is 0 Å². The fourth-order valence-corrected chi connectivity index (χ4v) is 1.36. The molecule has 1 aromatic rings. The number of carbonyl (C=O) groups is 1. The van der Waals surface area contributed by atoms with Crippen LogP contribution in [0.25, 0.3) is 0 Å². The van der Waals surface area contributed by atoms with Gasteiger partial charge < -0.3 is 10.1 Å². The normalized spacial score (nSPS) is 17.5. The minimum Gasteiger partial charge on any atom is -0.406 e. The molecule has 1 heterocycles. The van der Waals surface area contributed by atoms with Crippen molar-refractivity contribution in [3.05, 3.63) is 36.5 Å². The number of anilines is 1. The molecule has 1 N–H and O–H groups in total. The molecule has 0 saturated carbocycles. The summed E-state index contributed by atoms with van der Waals surface area (Å²) in [6.45, 7) is 0.